The Morgan fingerprint density at radius 2 is 2.17 bits per heavy atom. The van der Waals surface area contributed by atoms with Crippen LogP contribution >= 0.6 is 23.1 Å². The zero-order valence-electron chi connectivity index (χ0n) is 13.4. The third-order valence-corrected chi connectivity index (χ3v) is 4.58. The third-order valence-electron chi connectivity index (χ3n) is 3.25. The first-order valence-corrected chi connectivity index (χ1v) is 9.56. The van der Waals surface area contributed by atoms with Gasteiger partial charge in [-0.15, -0.1) is 11.3 Å². The van der Waals surface area contributed by atoms with Crippen molar-refractivity contribution in [2.45, 2.75) is 12.5 Å². The second-order valence-electron chi connectivity index (χ2n) is 4.83. The lowest BCUT2D eigenvalue weighted by molar-refractivity contribution is -0.118. The number of rotatable bonds is 8. The summed E-state index contributed by atoms with van der Waals surface area (Å²) in [6.07, 6.45) is 4.10. The number of methoxy groups -OCH3 is 1. The van der Waals surface area contributed by atoms with E-state index in [1.54, 1.807) is 47.6 Å². The molecular formula is C16H19N3O3S2. The average Bonchev–Trinajstić information content (AvgIpc) is 3.11. The molecule has 1 heterocycles. The van der Waals surface area contributed by atoms with Gasteiger partial charge in [-0.3, -0.25) is 9.59 Å². The van der Waals surface area contributed by atoms with Crippen LogP contribution in [0, 0.1) is 0 Å². The molecule has 1 aromatic carbocycles. The molecule has 2 aromatic rings. The predicted molar refractivity (Wildman–Crippen MR) is 98.0 cm³/mol. The van der Waals surface area contributed by atoms with Gasteiger partial charge in [0.25, 0.3) is 5.91 Å². The minimum Gasteiger partial charge on any atom is -0.496 e. The van der Waals surface area contributed by atoms with E-state index in [1.165, 1.54) is 18.4 Å². The molecule has 2 rings (SSSR count). The molecule has 2 amide bonds. The molecule has 0 aliphatic heterocycles. The minimum atomic E-state index is -0.640. The summed E-state index contributed by atoms with van der Waals surface area (Å²) in [6.45, 7) is 0. The number of aromatic nitrogens is 1. The van der Waals surface area contributed by atoms with E-state index in [-0.39, 0.29) is 11.8 Å². The highest BCUT2D eigenvalue weighted by Gasteiger charge is 2.23. The standard InChI is InChI=1S/C16H19N3O3S2/c1-22-13-6-4-3-5-11(13)14(20)18-12(7-9-23-2)15(21)19-16-17-8-10-24-16/h3-6,8,10,12H,7,9H2,1-2H3,(H,18,20)(H,17,19,21)/t12-/m1/s1. The number of anilines is 1. The van der Waals surface area contributed by atoms with E-state index in [1.807, 2.05) is 6.26 Å². The summed E-state index contributed by atoms with van der Waals surface area (Å²) < 4.78 is 5.20. The number of amides is 2. The lowest BCUT2D eigenvalue weighted by Crippen LogP contribution is -2.44. The van der Waals surface area contributed by atoms with Crippen molar-refractivity contribution in [3.8, 4) is 5.75 Å². The number of benzene rings is 1. The molecule has 6 nitrogen and oxygen atoms in total. The Balaban J connectivity index is 2.09. The van der Waals surface area contributed by atoms with E-state index >= 15 is 0 Å². The summed E-state index contributed by atoms with van der Waals surface area (Å²) in [5, 5.41) is 7.81. The molecule has 1 atom stereocenters. The van der Waals surface area contributed by atoms with Crippen LogP contribution in [-0.4, -0.2) is 42.0 Å². The molecule has 24 heavy (non-hydrogen) atoms. The molecule has 2 N–H and O–H groups in total. The van der Waals surface area contributed by atoms with Crippen LogP contribution in [0.15, 0.2) is 35.8 Å². The van der Waals surface area contributed by atoms with Gasteiger partial charge in [-0.05, 0) is 30.6 Å². The van der Waals surface area contributed by atoms with Crippen molar-refractivity contribution in [1.82, 2.24) is 10.3 Å². The normalized spacial score (nSPS) is 11.6. The predicted octanol–water partition coefficient (Wildman–Crippen LogP) is 2.64. The van der Waals surface area contributed by atoms with Crippen LogP contribution in [0.3, 0.4) is 0 Å². The highest BCUT2D eigenvalue weighted by molar-refractivity contribution is 7.98. The fourth-order valence-corrected chi connectivity index (χ4v) is 3.05. The molecule has 0 aliphatic carbocycles. The van der Waals surface area contributed by atoms with Gasteiger partial charge in [-0.1, -0.05) is 12.1 Å². The lowest BCUT2D eigenvalue weighted by atomic mass is 10.1. The summed E-state index contributed by atoms with van der Waals surface area (Å²) in [4.78, 5) is 29.0. The Hall–Kier alpha value is -2.06. The van der Waals surface area contributed by atoms with Crippen LogP contribution in [0.5, 0.6) is 5.75 Å². The van der Waals surface area contributed by atoms with Gasteiger partial charge in [0.05, 0.1) is 12.7 Å². The summed E-state index contributed by atoms with van der Waals surface area (Å²) >= 11 is 2.95. The first kappa shape index (κ1) is 18.3. The Morgan fingerprint density at radius 3 is 2.83 bits per heavy atom. The van der Waals surface area contributed by atoms with Gasteiger partial charge in [0, 0.05) is 11.6 Å². The zero-order valence-corrected chi connectivity index (χ0v) is 15.1. The average molecular weight is 365 g/mol. The number of carbonyl (C=O) groups excluding carboxylic acids is 2. The number of carbonyl (C=O) groups is 2. The number of nitrogens with one attached hydrogen (secondary N) is 2. The van der Waals surface area contributed by atoms with Crippen molar-refractivity contribution in [3.63, 3.8) is 0 Å². The number of nitrogens with zero attached hydrogens (tertiary/aromatic N) is 1. The van der Waals surface area contributed by atoms with E-state index in [0.29, 0.717) is 22.9 Å². The molecule has 128 valence electrons. The molecule has 8 heteroatoms. The second kappa shape index (κ2) is 9.29. The second-order valence-corrected chi connectivity index (χ2v) is 6.71. The third kappa shape index (κ3) is 4.97. The van der Waals surface area contributed by atoms with E-state index in [0.717, 1.165) is 5.75 Å². The van der Waals surface area contributed by atoms with E-state index < -0.39 is 6.04 Å². The molecule has 0 fully saturated rings. The molecule has 0 unspecified atom stereocenters. The quantitative estimate of drug-likeness (QED) is 0.752. The van der Waals surface area contributed by atoms with Crippen molar-refractivity contribution in [3.05, 3.63) is 41.4 Å². The molecule has 1 aromatic heterocycles. The van der Waals surface area contributed by atoms with Gasteiger partial charge in [-0.2, -0.15) is 11.8 Å². The number of para-hydroxylation sites is 1. The fraction of sp³-hybridized carbons (Fsp3) is 0.312. The van der Waals surface area contributed by atoms with Crippen molar-refractivity contribution in [2.24, 2.45) is 0 Å². The van der Waals surface area contributed by atoms with Crippen LogP contribution in [0.25, 0.3) is 0 Å². The lowest BCUT2D eigenvalue weighted by Gasteiger charge is -2.18. The van der Waals surface area contributed by atoms with Crippen LogP contribution in [0.4, 0.5) is 5.13 Å². The van der Waals surface area contributed by atoms with Crippen LogP contribution < -0.4 is 15.4 Å². The summed E-state index contributed by atoms with van der Waals surface area (Å²) in [5.74, 6) is 0.608. The van der Waals surface area contributed by atoms with Crippen molar-refractivity contribution in [2.75, 3.05) is 24.4 Å². The fourth-order valence-electron chi connectivity index (χ4n) is 2.05. The number of hydrogen-bond donors (Lipinski definition) is 2. The maximum absolute atomic E-state index is 12.5. The molecule has 0 spiro atoms. The molecule has 0 saturated carbocycles. The summed E-state index contributed by atoms with van der Waals surface area (Å²) in [5.41, 5.74) is 0.399. The topological polar surface area (TPSA) is 80.3 Å². The van der Waals surface area contributed by atoms with Gasteiger partial charge in [0.15, 0.2) is 5.13 Å². The van der Waals surface area contributed by atoms with Crippen molar-refractivity contribution >= 4 is 40.0 Å². The molecule has 0 saturated heterocycles. The smallest absolute Gasteiger partial charge is 0.255 e. The van der Waals surface area contributed by atoms with Gasteiger partial charge < -0.3 is 15.4 Å². The van der Waals surface area contributed by atoms with Crippen LogP contribution in [0.1, 0.15) is 16.8 Å². The summed E-state index contributed by atoms with van der Waals surface area (Å²) in [7, 11) is 1.51. The summed E-state index contributed by atoms with van der Waals surface area (Å²) in [6, 6.07) is 6.28. The number of thioether (sulfide) groups is 1. The maximum Gasteiger partial charge on any atom is 0.255 e. The molecule has 0 aliphatic rings. The molecule has 0 radical (unpaired) electrons. The Kier molecular flexibility index (Phi) is 7.07. The Labute approximate surface area is 149 Å². The first-order valence-electron chi connectivity index (χ1n) is 7.29. The molecular weight excluding hydrogens is 346 g/mol. The largest absolute Gasteiger partial charge is 0.496 e. The number of ether oxygens (including phenoxy) is 1. The monoisotopic (exact) mass is 365 g/mol. The minimum absolute atomic E-state index is 0.276. The Bertz CT molecular complexity index is 677. The number of thiazole rings is 1. The van der Waals surface area contributed by atoms with E-state index in [4.69, 9.17) is 4.74 Å². The maximum atomic E-state index is 12.5. The number of hydrogen-bond acceptors (Lipinski definition) is 6. The van der Waals surface area contributed by atoms with Crippen LogP contribution in [-0.2, 0) is 4.79 Å². The SMILES string of the molecule is COc1ccccc1C(=O)N[C@H](CCSC)C(=O)Nc1nccs1. The van der Waals surface area contributed by atoms with Gasteiger partial charge in [0.2, 0.25) is 5.91 Å². The zero-order chi connectivity index (χ0) is 17.4. The highest BCUT2D eigenvalue weighted by Crippen LogP contribution is 2.18. The first-order chi connectivity index (χ1) is 11.7. The van der Waals surface area contributed by atoms with Crippen LogP contribution in [0.2, 0.25) is 0 Å². The van der Waals surface area contributed by atoms with Crippen molar-refractivity contribution < 1.29 is 14.3 Å². The van der Waals surface area contributed by atoms with Gasteiger partial charge >= 0.3 is 0 Å². The van der Waals surface area contributed by atoms with Gasteiger partial charge in [0.1, 0.15) is 11.8 Å². The van der Waals surface area contributed by atoms with Crippen molar-refractivity contribution in [1.29, 1.82) is 0 Å². The van der Waals surface area contributed by atoms with Gasteiger partial charge in [-0.25, -0.2) is 4.98 Å². The molecule has 0 bridgehead atoms. The van der Waals surface area contributed by atoms with E-state index in [2.05, 4.69) is 15.6 Å². The highest BCUT2D eigenvalue weighted by atomic mass is 32.2. The van der Waals surface area contributed by atoms with E-state index in [9.17, 15) is 9.59 Å². The Morgan fingerprint density at radius 1 is 1.38 bits per heavy atom.